The molecule has 0 bridgehead atoms. The third-order valence-corrected chi connectivity index (χ3v) is 0. The quantitative estimate of drug-likeness (QED) is 0.316. The van der Waals surface area contributed by atoms with Crippen molar-refractivity contribution in [3.05, 3.63) is 0 Å². The number of phosphoric acid groups is 2. The maximum absolute atomic E-state index is 8.66. The van der Waals surface area contributed by atoms with Crippen LogP contribution in [0, 0.1) is 0 Å². The molecular weight excluding hydrogens is 367 g/mol. The number of hydrogen-bond donors (Lipinski definition) is 2. The first-order valence-corrected chi connectivity index (χ1v) is 4.49. The summed E-state index contributed by atoms with van der Waals surface area (Å²) in [6, 6.07) is 0. The molecule has 0 amide bonds. The van der Waals surface area contributed by atoms with E-state index in [1.54, 1.807) is 0 Å². The van der Waals surface area contributed by atoms with E-state index in [1.165, 1.54) is 0 Å². The number of rotatable bonds is 0. The van der Waals surface area contributed by atoms with Gasteiger partial charge in [-0.15, -0.1) is 0 Å². The molecule has 64 valence electrons. The van der Waals surface area contributed by atoms with Crippen molar-refractivity contribution in [3.63, 3.8) is 0 Å². The third-order valence-electron chi connectivity index (χ3n) is 0. The molecule has 0 aromatic heterocycles. The van der Waals surface area contributed by atoms with Gasteiger partial charge in [0.05, 0.1) is 15.6 Å². The molecule has 0 spiro atoms. The van der Waals surface area contributed by atoms with E-state index in [0.29, 0.717) is 0 Å². The molecule has 0 saturated carbocycles. The largest absolute Gasteiger partial charge is 2.00 e. The van der Waals surface area contributed by atoms with Gasteiger partial charge in [0.25, 0.3) is 0 Å². The van der Waals surface area contributed by atoms with Crippen molar-refractivity contribution in [3.8, 4) is 0 Å². The van der Waals surface area contributed by atoms with E-state index in [-0.39, 0.29) is 86.6 Å². The molecule has 0 saturated heterocycles. The predicted molar refractivity (Wildman–Crippen MR) is 31.2 cm³/mol. The van der Waals surface area contributed by atoms with Gasteiger partial charge in [-0.25, -0.2) is 0 Å². The van der Waals surface area contributed by atoms with Crippen molar-refractivity contribution in [1.29, 1.82) is 0 Å². The molecule has 0 aliphatic heterocycles. The Morgan fingerprint density at radius 2 is 0.833 bits per heavy atom. The minimum absolute atomic E-state index is 0. The molecule has 0 radical (unpaired) electrons. The Labute approximate surface area is 138 Å². The fourth-order valence-electron chi connectivity index (χ4n) is 0. The van der Waals surface area contributed by atoms with Crippen molar-refractivity contribution in [2.75, 3.05) is 0 Å². The van der Waals surface area contributed by atoms with Crippen LogP contribution in [0.15, 0.2) is 0 Å². The van der Waals surface area contributed by atoms with E-state index < -0.39 is 15.6 Å². The van der Waals surface area contributed by atoms with Gasteiger partial charge in [0.2, 0.25) is 0 Å². The normalized spacial score (nSPS) is 9.83. The zero-order valence-corrected chi connectivity index (χ0v) is 14.1. The van der Waals surface area contributed by atoms with Crippen LogP contribution in [0.3, 0.4) is 0 Å². The molecule has 0 aromatic rings. The average molecular weight is 369 g/mol. The van der Waals surface area contributed by atoms with Gasteiger partial charge in [-0.3, -0.25) is 0 Å². The molecule has 0 aliphatic rings. The fraction of sp³-hybridized carbons (Fsp3) is 0. The van der Waals surface area contributed by atoms with Gasteiger partial charge in [-0.1, -0.05) is 0 Å². The van der Waals surface area contributed by atoms with Crippen molar-refractivity contribution >= 4 is 102 Å². The number of hydrogen-bond acceptors (Lipinski definition) is 6. The van der Waals surface area contributed by atoms with E-state index >= 15 is 0 Å². The van der Waals surface area contributed by atoms with Crippen LogP contribution in [0.1, 0.15) is 0 Å². The molecule has 0 fully saturated rings. The van der Waals surface area contributed by atoms with Gasteiger partial charge in [0.1, 0.15) is 0 Å². The Kier molecular flexibility index (Phi) is 21.4. The Hall–Kier alpha value is 3.05. The summed E-state index contributed by atoms with van der Waals surface area (Å²) in [6.45, 7) is 0. The summed E-state index contributed by atoms with van der Waals surface area (Å²) in [6.07, 6.45) is 0. The molecule has 0 unspecified atom stereocenters. The van der Waals surface area contributed by atoms with E-state index in [4.69, 9.17) is 38.5 Å². The second-order valence-electron chi connectivity index (χ2n) is 0.937. The van der Waals surface area contributed by atoms with Crippen LogP contribution >= 0.6 is 15.6 Å². The summed E-state index contributed by atoms with van der Waals surface area (Å²) in [5.74, 6) is 0. The first-order chi connectivity index (χ1) is 4.00. The second-order valence-corrected chi connectivity index (χ2v) is 2.81. The molecule has 0 atom stereocenters. The summed E-state index contributed by atoms with van der Waals surface area (Å²) < 4.78 is 17.3. The molecule has 12 heteroatoms. The van der Waals surface area contributed by atoms with E-state index in [9.17, 15) is 0 Å². The molecule has 2 N–H and O–H groups in total. The van der Waals surface area contributed by atoms with E-state index in [2.05, 4.69) is 0 Å². The third kappa shape index (κ3) is 204. The predicted octanol–water partition coefficient (Wildman–Crippen LogP) is -5.15. The Balaban J connectivity index is -0.0000000457. The maximum Gasteiger partial charge on any atom is 2.00 e. The molecule has 12 heavy (non-hydrogen) atoms. The summed E-state index contributed by atoms with van der Waals surface area (Å²) >= 11 is 0. The Bertz CT molecular complexity index is 129. The Morgan fingerprint density at radius 3 is 0.833 bits per heavy atom. The van der Waals surface area contributed by atoms with Gasteiger partial charge < -0.3 is 38.5 Å². The molecule has 0 aliphatic carbocycles. The monoisotopic (exact) mass is 370 g/mol. The van der Waals surface area contributed by atoms with Gasteiger partial charge in [0, 0.05) is 0 Å². The molecule has 8 nitrogen and oxygen atoms in total. The van der Waals surface area contributed by atoms with E-state index in [1.807, 2.05) is 0 Å². The molecule has 0 rings (SSSR count). The van der Waals surface area contributed by atoms with Crippen LogP contribution in [0.25, 0.3) is 0 Å². The summed E-state index contributed by atoms with van der Waals surface area (Å²) in [5, 5.41) is 0. The van der Waals surface area contributed by atoms with Crippen LogP contribution < -0.4 is 19.6 Å². The first kappa shape index (κ1) is 24.3. The Morgan fingerprint density at radius 1 is 0.833 bits per heavy atom. The zero-order chi connectivity index (χ0) is 9.00. The van der Waals surface area contributed by atoms with Crippen molar-refractivity contribution in [1.82, 2.24) is 0 Å². The van der Waals surface area contributed by atoms with Crippen molar-refractivity contribution in [2.45, 2.75) is 0 Å². The molecule has 0 heterocycles. The minimum Gasteiger partial charge on any atom is -0.790 e. The first-order valence-electron chi connectivity index (χ1n) is 1.50. The minimum atomic E-state index is -5.14. The topological polar surface area (TPSA) is 167 Å². The second kappa shape index (κ2) is 10.6. The van der Waals surface area contributed by atoms with Gasteiger partial charge in [0.15, 0.2) is 0 Å². The average Bonchev–Trinajstić information content (AvgIpc) is 1.12. The van der Waals surface area contributed by atoms with Gasteiger partial charge in [-0.05, 0) is 0 Å². The van der Waals surface area contributed by atoms with Crippen molar-refractivity contribution in [2.24, 2.45) is 0 Å². The van der Waals surface area contributed by atoms with Crippen LogP contribution in [-0.4, -0.2) is 96.4 Å². The SMILES string of the molecule is O=P([O-])([O-])O.O=P([O-])([O-])O.[Ba+2].[Ca+2]. The zero-order valence-electron chi connectivity index (χ0n) is 5.65. The standard InChI is InChI=1S/Ba.Ca.2H3O4P/c;;2*1-5(2,3)4/h;;2*(H3,1,2,3,4)/q2*+2;;/p-4. The maximum atomic E-state index is 8.66. The smallest absolute Gasteiger partial charge is 0.790 e. The van der Waals surface area contributed by atoms with Crippen LogP contribution in [0.5, 0.6) is 0 Å². The fourth-order valence-corrected chi connectivity index (χ4v) is 0. The van der Waals surface area contributed by atoms with Crippen LogP contribution in [0.4, 0.5) is 0 Å². The summed E-state index contributed by atoms with van der Waals surface area (Å²) in [7, 11) is -10.3. The van der Waals surface area contributed by atoms with Crippen LogP contribution in [-0.2, 0) is 9.13 Å². The summed E-state index contributed by atoms with van der Waals surface area (Å²) in [5.41, 5.74) is 0. The van der Waals surface area contributed by atoms with Crippen molar-refractivity contribution < 1.29 is 38.5 Å². The molecular formula is H2BaCaO8P2. The summed E-state index contributed by atoms with van der Waals surface area (Å²) in [4.78, 5) is 48.6. The van der Waals surface area contributed by atoms with Gasteiger partial charge in [-0.2, -0.15) is 0 Å². The van der Waals surface area contributed by atoms with E-state index in [0.717, 1.165) is 0 Å². The van der Waals surface area contributed by atoms with Crippen LogP contribution in [0.2, 0.25) is 0 Å². The van der Waals surface area contributed by atoms with Gasteiger partial charge >= 0.3 is 86.6 Å². The molecule has 0 aromatic carbocycles.